The van der Waals surface area contributed by atoms with Crippen molar-refractivity contribution in [3.63, 3.8) is 0 Å². The predicted molar refractivity (Wildman–Crippen MR) is 96.0 cm³/mol. The van der Waals surface area contributed by atoms with Crippen LogP contribution in [0.25, 0.3) is 0 Å². The first-order valence-corrected chi connectivity index (χ1v) is 9.98. The normalized spacial score (nSPS) is 28.2. The number of carbonyl (C=O) groups excluding carboxylic acids is 2. The Hall–Kier alpha value is -1.47. The lowest BCUT2D eigenvalue weighted by atomic mass is 9.91. The van der Waals surface area contributed by atoms with Crippen LogP contribution in [-0.4, -0.2) is 71.3 Å². The molecule has 1 spiro atoms. The minimum Gasteiger partial charge on any atom is -0.345 e. The highest BCUT2D eigenvalue weighted by Crippen LogP contribution is 2.56. The fourth-order valence-corrected chi connectivity index (χ4v) is 5.28. The molecule has 0 aromatic carbocycles. The fourth-order valence-electron chi connectivity index (χ4n) is 4.60. The van der Waals surface area contributed by atoms with Crippen molar-refractivity contribution in [2.75, 3.05) is 33.7 Å². The van der Waals surface area contributed by atoms with Crippen LogP contribution >= 0.6 is 11.3 Å². The maximum absolute atomic E-state index is 12.7. The first-order chi connectivity index (χ1) is 12.0. The van der Waals surface area contributed by atoms with Gasteiger partial charge in [-0.25, -0.2) is 4.98 Å². The van der Waals surface area contributed by atoms with Crippen LogP contribution in [0.5, 0.6) is 0 Å². The molecule has 3 fully saturated rings. The third-order valence-corrected chi connectivity index (χ3v) is 7.07. The van der Waals surface area contributed by atoms with Gasteiger partial charge in [-0.3, -0.25) is 14.5 Å². The fraction of sp³-hybridized carbons (Fsp3) is 0.722. The Morgan fingerprint density at radius 2 is 2.20 bits per heavy atom. The van der Waals surface area contributed by atoms with Crippen LogP contribution in [0.15, 0.2) is 11.6 Å². The lowest BCUT2D eigenvalue weighted by molar-refractivity contribution is -0.137. The Morgan fingerprint density at radius 3 is 2.80 bits per heavy atom. The number of rotatable bonds is 4. The summed E-state index contributed by atoms with van der Waals surface area (Å²) in [5.74, 6) is 0.146. The lowest BCUT2D eigenvalue weighted by Crippen LogP contribution is -2.44. The predicted octanol–water partition coefficient (Wildman–Crippen LogP) is 1.43. The molecule has 1 aromatic heterocycles. The lowest BCUT2D eigenvalue weighted by Gasteiger charge is -2.35. The van der Waals surface area contributed by atoms with Crippen LogP contribution in [0.3, 0.4) is 0 Å². The van der Waals surface area contributed by atoms with Gasteiger partial charge in [0, 0.05) is 50.7 Å². The van der Waals surface area contributed by atoms with Crippen molar-refractivity contribution in [2.45, 2.75) is 38.3 Å². The van der Waals surface area contributed by atoms with E-state index < -0.39 is 0 Å². The summed E-state index contributed by atoms with van der Waals surface area (Å²) < 4.78 is 0. The minimum absolute atomic E-state index is 0.0953. The third-order valence-electron chi connectivity index (χ3n) is 6.31. The molecule has 0 N–H and O–H groups in total. The highest BCUT2D eigenvalue weighted by Gasteiger charge is 2.57. The molecule has 0 radical (unpaired) electrons. The average Bonchev–Trinajstić information content (AvgIpc) is 2.92. The van der Waals surface area contributed by atoms with Crippen molar-refractivity contribution in [1.82, 2.24) is 19.7 Å². The molecule has 2 amide bonds. The van der Waals surface area contributed by atoms with Crippen LogP contribution in [-0.2, 0) is 16.1 Å². The van der Waals surface area contributed by atoms with E-state index in [9.17, 15) is 9.59 Å². The SMILES string of the molecule is CN1C[C@@H](C(=O)N2CCC3(CC2)C[C@H]3N(C)Cc2nccs2)CC1=O. The van der Waals surface area contributed by atoms with E-state index >= 15 is 0 Å². The van der Waals surface area contributed by atoms with E-state index in [1.54, 1.807) is 23.3 Å². The van der Waals surface area contributed by atoms with E-state index in [1.807, 2.05) is 16.5 Å². The van der Waals surface area contributed by atoms with Gasteiger partial charge in [0.15, 0.2) is 0 Å². The molecule has 6 nitrogen and oxygen atoms in total. The number of aromatic nitrogens is 1. The monoisotopic (exact) mass is 362 g/mol. The van der Waals surface area contributed by atoms with Crippen LogP contribution in [0.2, 0.25) is 0 Å². The summed E-state index contributed by atoms with van der Waals surface area (Å²) in [7, 11) is 3.98. The topological polar surface area (TPSA) is 56.8 Å². The molecule has 1 saturated carbocycles. The highest BCUT2D eigenvalue weighted by molar-refractivity contribution is 7.09. The highest BCUT2D eigenvalue weighted by atomic mass is 32.1. The maximum Gasteiger partial charge on any atom is 0.227 e. The summed E-state index contributed by atoms with van der Waals surface area (Å²) in [5.41, 5.74) is 0.394. The molecular formula is C18H26N4O2S. The van der Waals surface area contributed by atoms with Crippen molar-refractivity contribution < 1.29 is 9.59 Å². The second-order valence-electron chi connectivity index (χ2n) is 7.92. The van der Waals surface area contributed by atoms with Gasteiger partial charge in [0.25, 0.3) is 0 Å². The van der Waals surface area contributed by atoms with Crippen molar-refractivity contribution in [1.29, 1.82) is 0 Å². The Balaban J connectivity index is 1.29. The molecule has 0 unspecified atom stereocenters. The largest absolute Gasteiger partial charge is 0.345 e. The second-order valence-corrected chi connectivity index (χ2v) is 8.90. The Morgan fingerprint density at radius 1 is 1.44 bits per heavy atom. The summed E-state index contributed by atoms with van der Waals surface area (Å²) in [4.78, 5) is 34.9. The third kappa shape index (κ3) is 3.19. The van der Waals surface area contributed by atoms with Gasteiger partial charge in [0.2, 0.25) is 11.8 Å². The van der Waals surface area contributed by atoms with Gasteiger partial charge in [-0.2, -0.15) is 0 Å². The molecule has 136 valence electrons. The average molecular weight is 362 g/mol. The summed E-state index contributed by atoms with van der Waals surface area (Å²) in [6, 6.07) is 0.618. The maximum atomic E-state index is 12.7. The van der Waals surface area contributed by atoms with E-state index in [0.29, 0.717) is 24.4 Å². The number of hydrogen-bond donors (Lipinski definition) is 0. The van der Waals surface area contributed by atoms with Gasteiger partial charge in [-0.05, 0) is 31.7 Å². The Labute approximate surface area is 152 Å². The van der Waals surface area contributed by atoms with Crippen LogP contribution in [0.1, 0.15) is 30.7 Å². The summed E-state index contributed by atoms with van der Waals surface area (Å²) in [6.45, 7) is 3.19. The molecule has 3 heterocycles. The zero-order valence-electron chi connectivity index (χ0n) is 15.0. The van der Waals surface area contributed by atoms with Gasteiger partial charge >= 0.3 is 0 Å². The molecule has 1 aliphatic carbocycles. The summed E-state index contributed by atoms with van der Waals surface area (Å²) in [6.07, 6.45) is 5.66. The number of carbonyl (C=O) groups is 2. The van der Waals surface area contributed by atoms with Gasteiger partial charge in [0.05, 0.1) is 12.5 Å². The van der Waals surface area contributed by atoms with Gasteiger partial charge in [0.1, 0.15) is 5.01 Å². The number of amides is 2. The van der Waals surface area contributed by atoms with Crippen molar-refractivity contribution in [3.8, 4) is 0 Å². The van der Waals surface area contributed by atoms with Crippen molar-refractivity contribution >= 4 is 23.2 Å². The summed E-state index contributed by atoms with van der Waals surface area (Å²) >= 11 is 1.71. The van der Waals surface area contributed by atoms with Crippen LogP contribution < -0.4 is 0 Å². The number of piperidine rings is 1. The molecule has 25 heavy (non-hydrogen) atoms. The van der Waals surface area contributed by atoms with E-state index in [0.717, 1.165) is 32.5 Å². The van der Waals surface area contributed by atoms with Crippen molar-refractivity contribution in [2.24, 2.45) is 11.3 Å². The number of nitrogens with zero attached hydrogens (tertiary/aromatic N) is 4. The van der Waals surface area contributed by atoms with E-state index in [-0.39, 0.29) is 17.7 Å². The van der Waals surface area contributed by atoms with E-state index in [4.69, 9.17) is 0 Å². The Bertz CT molecular complexity index is 654. The quantitative estimate of drug-likeness (QED) is 0.813. The van der Waals surface area contributed by atoms with E-state index in [2.05, 4.69) is 16.9 Å². The molecule has 0 bridgehead atoms. The van der Waals surface area contributed by atoms with Crippen LogP contribution in [0, 0.1) is 11.3 Å². The summed E-state index contributed by atoms with van der Waals surface area (Å²) in [5, 5.41) is 3.20. The van der Waals surface area contributed by atoms with Gasteiger partial charge in [-0.15, -0.1) is 11.3 Å². The standard InChI is InChI=1S/C18H26N4O2S/c1-20(12-15-19-5-8-25-15)14-10-18(14)3-6-22(7-4-18)17(24)13-9-16(23)21(2)11-13/h5,8,13-14H,3-4,6-7,9-12H2,1-2H3/t13-,14+/m0/s1. The molecule has 2 atom stereocenters. The molecule has 7 heteroatoms. The molecule has 3 aliphatic rings. The van der Waals surface area contributed by atoms with Gasteiger partial charge in [-0.1, -0.05) is 0 Å². The zero-order valence-corrected chi connectivity index (χ0v) is 15.8. The molecule has 2 aliphatic heterocycles. The first kappa shape index (κ1) is 17.0. The number of likely N-dealkylation sites (tertiary alicyclic amines) is 2. The second kappa shape index (κ2) is 6.36. The number of thiazole rings is 1. The zero-order chi connectivity index (χ0) is 17.6. The van der Waals surface area contributed by atoms with E-state index in [1.165, 1.54) is 11.4 Å². The minimum atomic E-state index is -0.130. The molecule has 4 rings (SSSR count). The number of hydrogen-bond acceptors (Lipinski definition) is 5. The first-order valence-electron chi connectivity index (χ1n) is 9.10. The van der Waals surface area contributed by atoms with Gasteiger partial charge < -0.3 is 9.80 Å². The smallest absolute Gasteiger partial charge is 0.227 e. The van der Waals surface area contributed by atoms with Crippen LogP contribution in [0.4, 0.5) is 0 Å². The molecule has 1 aromatic rings. The molecular weight excluding hydrogens is 336 g/mol. The Kier molecular flexibility index (Phi) is 4.32. The molecule has 2 saturated heterocycles. The van der Waals surface area contributed by atoms with Crippen molar-refractivity contribution in [3.05, 3.63) is 16.6 Å².